The summed E-state index contributed by atoms with van der Waals surface area (Å²) in [6.45, 7) is 6.48. The van der Waals surface area contributed by atoms with Crippen LogP contribution in [0.15, 0.2) is 0 Å². The maximum absolute atomic E-state index is 5.24. The molecular weight excluding hydrogens is 116 g/mol. The molecular formula is C7H15S. The molecule has 0 aromatic heterocycles. The third kappa shape index (κ3) is 3.36. The van der Waals surface area contributed by atoms with Gasteiger partial charge in [-0.25, -0.2) is 0 Å². The van der Waals surface area contributed by atoms with E-state index in [0.717, 1.165) is 6.42 Å². The van der Waals surface area contributed by atoms with E-state index in [-0.39, 0.29) is 4.75 Å². The van der Waals surface area contributed by atoms with Gasteiger partial charge in [0, 0.05) is 4.75 Å². The summed E-state index contributed by atoms with van der Waals surface area (Å²) in [6.07, 6.45) is 3.52. The zero-order valence-corrected chi connectivity index (χ0v) is 6.85. The molecule has 0 N–H and O–H groups in total. The van der Waals surface area contributed by atoms with E-state index in [4.69, 9.17) is 12.6 Å². The SMILES string of the molecule is CCCC(C)([S])CC. The van der Waals surface area contributed by atoms with Crippen LogP contribution >= 0.6 is 12.6 Å². The molecule has 0 amide bonds. The van der Waals surface area contributed by atoms with Crippen molar-refractivity contribution in [3.05, 3.63) is 0 Å². The molecule has 1 unspecified atom stereocenters. The molecule has 0 aliphatic heterocycles. The molecule has 0 fully saturated rings. The first kappa shape index (κ1) is 8.35. The lowest BCUT2D eigenvalue weighted by molar-refractivity contribution is 0.564. The van der Waals surface area contributed by atoms with E-state index in [0.29, 0.717) is 0 Å². The maximum atomic E-state index is 5.24. The zero-order valence-electron chi connectivity index (χ0n) is 6.03. The summed E-state index contributed by atoms with van der Waals surface area (Å²) >= 11 is 5.24. The van der Waals surface area contributed by atoms with Gasteiger partial charge in [-0.1, -0.05) is 32.9 Å². The fraction of sp³-hybridized carbons (Fsp3) is 1.00. The second-order valence-corrected chi connectivity index (χ2v) is 3.54. The quantitative estimate of drug-likeness (QED) is 0.552. The highest BCUT2D eigenvalue weighted by atomic mass is 32.1. The Labute approximate surface area is 58.1 Å². The molecule has 49 valence electrons. The van der Waals surface area contributed by atoms with Gasteiger partial charge in [0.15, 0.2) is 0 Å². The van der Waals surface area contributed by atoms with Gasteiger partial charge < -0.3 is 0 Å². The predicted octanol–water partition coefficient (Wildman–Crippen LogP) is 3.15. The first-order chi connectivity index (χ1) is 3.62. The zero-order chi connectivity index (χ0) is 6.62. The van der Waals surface area contributed by atoms with Crippen molar-refractivity contribution in [3.63, 3.8) is 0 Å². The summed E-state index contributed by atoms with van der Waals surface area (Å²) in [5, 5.41) is 0. The standard InChI is InChI=1S/C7H15S/c1-4-6-7(3,8)5-2/h4-6H2,1-3H3. The Morgan fingerprint density at radius 1 is 1.38 bits per heavy atom. The molecule has 1 atom stereocenters. The van der Waals surface area contributed by atoms with Crippen molar-refractivity contribution in [2.24, 2.45) is 0 Å². The number of hydrogen-bond acceptors (Lipinski definition) is 0. The van der Waals surface area contributed by atoms with Crippen molar-refractivity contribution >= 4 is 12.6 Å². The van der Waals surface area contributed by atoms with E-state index in [9.17, 15) is 0 Å². The van der Waals surface area contributed by atoms with Crippen molar-refractivity contribution in [3.8, 4) is 0 Å². The molecule has 0 saturated heterocycles. The molecule has 0 aliphatic carbocycles. The van der Waals surface area contributed by atoms with Crippen LogP contribution in [0.3, 0.4) is 0 Å². The molecule has 0 aliphatic rings. The Kier molecular flexibility index (Phi) is 3.54. The summed E-state index contributed by atoms with van der Waals surface area (Å²) in [5.41, 5.74) is 0. The second-order valence-electron chi connectivity index (χ2n) is 2.55. The Morgan fingerprint density at radius 2 is 1.88 bits per heavy atom. The molecule has 8 heavy (non-hydrogen) atoms. The molecule has 1 heteroatoms. The monoisotopic (exact) mass is 131 g/mol. The van der Waals surface area contributed by atoms with Gasteiger partial charge in [0.25, 0.3) is 0 Å². The molecule has 0 rings (SSSR count). The van der Waals surface area contributed by atoms with Crippen molar-refractivity contribution in [1.29, 1.82) is 0 Å². The van der Waals surface area contributed by atoms with Gasteiger partial charge in [-0.15, -0.1) is 0 Å². The van der Waals surface area contributed by atoms with Crippen molar-refractivity contribution in [2.75, 3.05) is 0 Å². The van der Waals surface area contributed by atoms with Crippen molar-refractivity contribution < 1.29 is 0 Å². The Balaban J connectivity index is 3.37. The van der Waals surface area contributed by atoms with Crippen molar-refractivity contribution in [2.45, 2.75) is 44.8 Å². The lowest BCUT2D eigenvalue weighted by atomic mass is 10.0. The van der Waals surface area contributed by atoms with E-state index in [1.165, 1.54) is 12.8 Å². The maximum Gasteiger partial charge on any atom is 0.0233 e. The highest BCUT2D eigenvalue weighted by molar-refractivity contribution is 7.81. The van der Waals surface area contributed by atoms with Gasteiger partial charge in [0.05, 0.1) is 0 Å². The van der Waals surface area contributed by atoms with Gasteiger partial charge in [0.1, 0.15) is 0 Å². The van der Waals surface area contributed by atoms with Crippen LogP contribution in [0.5, 0.6) is 0 Å². The largest absolute Gasteiger partial charge is 0.0870 e. The summed E-state index contributed by atoms with van der Waals surface area (Å²) in [6, 6.07) is 0. The Morgan fingerprint density at radius 3 is 2.00 bits per heavy atom. The summed E-state index contributed by atoms with van der Waals surface area (Å²) in [7, 11) is 0. The van der Waals surface area contributed by atoms with Crippen LogP contribution in [0.25, 0.3) is 0 Å². The lowest BCUT2D eigenvalue weighted by Gasteiger charge is -2.18. The first-order valence-electron chi connectivity index (χ1n) is 3.33. The fourth-order valence-corrected chi connectivity index (χ4v) is 0.910. The minimum atomic E-state index is 0.175. The van der Waals surface area contributed by atoms with Crippen LogP contribution < -0.4 is 0 Å². The average molecular weight is 131 g/mol. The highest BCUT2D eigenvalue weighted by Gasteiger charge is 2.14. The van der Waals surface area contributed by atoms with Gasteiger partial charge in [-0.3, -0.25) is 0 Å². The fourth-order valence-electron chi connectivity index (χ4n) is 0.706. The molecule has 1 radical (unpaired) electrons. The molecule has 0 bridgehead atoms. The topological polar surface area (TPSA) is 0 Å². The van der Waals surface area contributed by atoms with E-state index in [2.05, 4.69) is 20.8 Å². The summed E-state index contributed by atoms with van der Waals surface area (Å²) in [4.78, 5) is 0. The Bertz CT molecular complexity index is 57.4. The smallest absolute Gasteiger partial charge is 0.0233 e. The van der Waals surface area contributed by atoms with Gasteiger partial charge >= 0.3 is 0 Å². The van der Waals surface area contributed by atoms with E-state index in [1.807, 2.05) is 0 Å². The van der Waals surface area contributed by atoms with E-state index < -0.39 is 0 Å². The van der Waals surface area contributed by atoms with Crippen LogP contribution in [0, 0.1) is 0 Å². The molecule has 0 nitrogen and oxygen atoms in total. The summed E-state index contributed by atoms with van der Waals surface area (Å²) in [5.74, 6) is 0. The van der Waals surface area contributed by atoms with E-state index >= 15 is 0 Å². The lowest BCUT2D eigenvalue weighted by Crippen LogP contribution is -2.13. The number of rotatable bonds is 3. The van der Waals surface area contributed by atoms with Crippen LogP contribution in [-0.4, -0.2) is 4.75 Å². The van der Waals surface area contributed by atoms with Crippen molar-refractivity contribution in [1.82, 2.24) is 0 Å². The highest BCUT2D eigenvalue weighted by Crippen LogP contribution is 2.23. The van der Waals surface area contributed by atoms with Gasteiger partial charge in [0.2, 0.25) is 0 Å². The third-order valence-corrected chi connectivity index (χ3v) is 2.02. The molecule has 0 saturated carbocycles. The predicted molar refractivity (Wildman–Crippen MR) is 41.2 cm³/mol. The number of hydrogen-bond donors (Lipinski definition) is 0. The molecule has 0 aromatic carbocycles. The molecule has 0 aromatic rings. The van der Waals surface area contributed by atoms with Gasteiger partial charge in [-0.05, 0) is 19.8 Å². The third-order valence-electron chi connectivity index (χ3n) is 1.53. The van der Waals surface area contributed by atoms with Crippen LogP contribution in [0.1, 0.15) is 40.0 Å². The second kappa shape index (κ2) is 3.39. The normalized spacial score (nSPS) is 18.0. The van der Waals surface area contributed by atoms with Gasteiger partial charge in [-0.2, -0.15) is 0 Å². The van der Waals surface area contributed by atoms with Crippen LogP contribution in [-0.2, 0) is 0 Å². The minimum Gasteiger partial charge on any atom is -0.0870 e. The average Bonchev–Trinajstić information content (AvgIpc) is 1.67. The Hall–Kier alpha value is 0.350. The van der Waals surface area contributed by atoms with E-state index in [1.54, 1.807) is 0 Å². The van der Waals surface area contributed by atoms with Crippen LogP contribution in [0.2, 0.25) is 0 Å². The first-order valence-corrected chi connectivity index (χ1v) is 3.73. The summed E-state index contributed by atoms with van der Waals surface area (Å²) < 4.78 is 0.175. The molecule has 0 spiro atoms. The van der Waals surface area contributed by atoms with Crippen LogP contribution in [0.4, 0.5) is 0 Å². The molecule has 0 heterocycles. The minimum absolute atomic E-state index is 0.175.